The first-order valence-corrected chi connectivity index (χ1v) is 10.5. The van der Waals surface area contributed by atoms with E-state index in [1.165, 1.54) is 0 Å². The number of aromatic nitrogens is 3. The predicted molar refractivity (Wildman–Crippen MR) is 116 cm³/mol. The van der Waals surface area contributed by atoms with Crippen LogP contribution in [0, 0.1) is 6.57 Å². The second-order valence-electron chi connectivity index (χ2n) is 7.95. The van der Waals surface area contributed by atoms with Gasteiger partial charge in [-0.05, 0) is 36.6 Å². The molecule has 0 bridgehead atoms. The maximum Gasteiger partial charge on any atom is 0.401 e. The minimum atomic E-state index is -4.25. The zero-order chi connectivity index (χ0) is 22.7. The molecular weight excluding hydrogens is 421 g/mol. The normalized spacial score (nSPS) is 19.1. The van der Waals surface area contributed by atoms with Gasteiger partial charge in [0.15, 0.2) is 5.82 Å². The van der Waals surface area contributed by atoms with E-state index in [1.807, 2.05) is 0 Å². The lowest BCUT2D eigenvalue weighted by Gasteiger charge is -2.24. The van der Waals surface area contributed by atoms with E-state index in [2.05, 4.69) is 25.6 Å². The summed E-state index contributed by atoms with van der Waals surface area (Å²) in [5.41, 5.74) is 1.75. The monoisotopic (exact) mass is 444 g/mol. The molecule has 7 nitrogen and oxygen atoms in total. The zero-order valence-corrected chi connectivity index (χ0v) is 17.2. The number of benzene rings is 1. The Morgan fingerprint density at radius 2 is 1.94 bits per heavy atom. The predicted octanol–water partition coefficient (Wildman–Crippen LogP) is 4.52. The zero-order valence-electron chi connectivity index (χ0n) is 17.2. The molecule has 0 aliphatic heterocycles. The number of fused-ring (bicyclic) bond motifs is 1. The number of alkyl halides is 3. The van der Waals surface area contributed by atoms with E-state index in [0.29, 0.717) is 28.0 Å². The summed E-state index contributed by atoms with van der Waals surface area (Å²) in [5.74, 6) is 0.388. The fourth-order valence-corrected chi connectivity index (χ4v) is 4.16. The molecule has 1 fully saturated rings. The molecule has 1 saturated carbocycles. The van der Waals surface area contributed by atoms with Crippen molar-refractivity contribution in [2.24, 2.45) is 0 Å². The summed E-state index contributed by atoms with van der Waals surface area (Å²) in [6, 6.07) is 8.41. The lowest BCUT2D eigenvalue weighted by molar-refractivity contribution is -0.125. The highest BCUT2D eigenvalue weighted by Crippen LogP contribution is 2.34. The van der Waals surface area contributed by atoms with Crippen LogP contribution in [-0.2, 0) is 6.54 Å². The number of hydrogen-bond donors (Lipinski definition) is 3. The SMILES string of the molecule is [C-]#[N+][C@H]1CCCC[C@@H]1n1nc(Nc2ccc(CNCC(F)(F)F)cc2)c2c(=O)[nH]ccc21. The molecule has 3 N–H and O–H groups in total. The lowest BCUT2D eigenvalue weighted by atomic mass is 9.91. The van der Waals surface area contributed by atoms with E-state index in [1.54, 1.807) is 41.2 Å². The summed E-state index contributed by atoms with van der Waals surface area (Å²) in [4.78, 5) is 19.0. The van der Waals surface area contributed by atoms with Crippen molar-refractivity contribution in [3.05, 3.63) is 63.9 Å². The lowest BCUT2D eigenvalue weighted by Crippen LogP contribution is -2.28. The number of aromatic amines is 1. The summed E-state index contributed by atoms with van der Waals surface area (Å²) < 4.78 is 38.6. The van der Waals surface area contributed by atoms with Crippen LogP contribution in [0.25, 0.3) is 15.7 Å². The average Bonchev–Trinajstić information content (AvgIpc) is 3.13. The second kappa shape index (κ2) is 9.04. The topological polar surface area (TPSA) is 79.1 Å². The van der Waals surface area contributed by atoms with Gasteiger partial charge in [-0.15, -0.1) is 0 Å². The number of H-pyrrole nitrogens is 1. The Morgan fingerprint density at radius 1 is 1.19 bits per heavy atom. The van der Waals surface area contributed by atoms with Crippen LogP contribution < -0.4 is 16.2 Å². The minimum Gasteiger partial charge on any atom is -0.338 e. The van der Waals surface area contributed by atoms with Gasteiger partial charge >= 0.3 is 6.18 Å². The summed E-state index contributed by atoms with van der Waals surface area (Å²) in [6.45, 7) is 6.59. The van der Waals surface area contributed by atoms with Gasteiger partial charge in [-0.3, -0.25) is 9.48 Å². The van der Waals surface area contributed by atoms with Gasteiger partial charge < -0.3 is 20.5 Å². The summed E-state index contributed by atoms with van der Waals surface area (Å²) in [5, 5.41) is 10.6. The van der Waals surface area contributed by atoms with E-state index in [-0.39, 0.29) is 24.2 Å². The van der Waals surface area contributed by atoms with Crippen molar-refractivity contribution in [1.29, 1.82) is 0 Å². The maximum absolute atomic E-state index is 12.6. The third-order valence-corrected chi connectivity index (χ3v) is 5.68. The molecule has 3 aromatic rings. The molecule has 32 heavy (non-hydrogen) atoms. The maximum atomic E-state index is 12.6. The van der Waals surface area contributed by atoms with E-state index >= 15 is 0 Å². The molecule has 10 heteroatoms. The van der Waals surface area contributed by atoms with E-state index in [0.717, 1.165) is 25.7 Å². The first-order chi connectivity index (χ1) is 15.4. The molecule has 0 saturated heterocycles. The van der Waals surface area contributed by atoms with Crippen LogP contribution in [-0.4, -0.2) is 33.5 Å². The van der Waals surface area contributed by atoms with Gasteiger partial charge in [0.05, 0.1) is 12.1 Å². The molecule has 1 aliphatic rings. The quantitative estimate of drug-likeness (QED) is 0.489. The summed E-state index contributed by atoms with van der Waals surface area (Å²) in [6.07, 6.45) is 0.984. The van der Waals surface area contributed by atoms with Crippen molar-refractivity contribution in [2.75, 3.05) is 11.9 Å². The number of pyridine rings is 1. The molecule has 0 unspecified atom stereocenters. The van der Waals surface area contributed by atoms with Gasteiger partial charge in [0.1, 0.15) is 11.4 Å². The molecule has 2 aromatic heterocycles. The van der Waals surface area contributed by atoms with Crippen molar-refractivity contribution >= 4 is 22.4 Å². The summed E-state index contributed by atoms with van der Waals surface area (Å²) in [7, 11) is 0. The van der Waals surface area contributed by atoms with Crippen LogP contribution in [0.1, 0.15) is 37.3 Å². The Balaban J connectivity index is 1.58. The largest absolute Gasteiger partial charge is 0.401 e. The first-order valence-electron chi connectivity index (χ1n) is 10.5. The van der Waals surface area contributed by atoms with Crippen molar-refractivity contribution < 1.29 is 13.2 Å². The number of anilines is 2. The van der Waals surface area contributed by atoms with Crippen LogP contribution in [0.2, 0.25) is 0 Å². The van der Waals surface area contributed by atoms with Crippen molar-refractivity contribution in [1.82, 2.24) is 20.1 Å². The minimum absolute atomic E-state index is 0.0940. The number of halogens is 3. The van der Waals surface area contributed by atoms with E-state index < -0.39 is 12.7 Å². The first kappa shape index (κ1) is 21.9. The smallest absolute Gasteiger partial charge is 0.338 e. The molecule has 0 spiro atoms. The van der Waals surface area contributed by atoms with Crippen LogP contribution in [0.4, 0.5) is 24.7 Å². The highest BCUT2D eigenvalue weighted by Gasteiger charge is 2.33. The van der Waals surface area contributed by atoms with Crippen LogP contribution in [0.3, 0.4) is 0 Å². The van der Waals surface area contributed by atoms with Gasteiger partial charge in [-0.25, -0.2) is 6.57 Å². The number of nitrogens with zero attached hydrogens (tertiary/aromatic N) is 3. The van der Waals surface area contributed by atoms with E-state index in [4.69, 9.17) is 6.57 Å². The third-order valence-electron chi connectivity index (χ3n) is 5.68. The molecule has 0 radical (unpaired) electrons. The third kappa shape index (κ3) is 4.78. The van der Waals surface area contributed by atoms with Gasteiger partial charge in [0.25, 0.3) is 5.56 Å². The molecule has 2 heterocycles. The molecule has 168 valence electrons. The van der Waals surface area contributed by atoms with E-state index in [9.17, 15) is 18.0 Å². The average molecular weight is 444 g/mol. The standard InChI is InChI=1S/C22H23F3N6O/c1-26-16-4-2-3-5-17(16)31-18-10-11-28-21(32)19(18)20(30-31)29-15-8-6-14(7-9-15)12-27-13-22(23,24)25/h6-11,16-17,27H,2-5,12-13H2,(H,28,32)(H,29,30)/t16-,17-/m0/s1. The molecule has 1 aliphatic carbocycles. The fraction of sp³-hybridized carbons (Fsp3) is 0.409. The van der Waals surface area contributed by atoms with Gasteiger partial charge in [-0.2, -0.15) is 18.3 Å². The Morgan fingerprint density at radius 3 is 2.66 bits per heavy atom. The Hall–Kier alpha value is -3.32. The second-order valence-corrected chi connectivity index (χ2v) is 7.95. The molecule has 4 rings (SSSR count). The fourth-order valence-electron chi connectivity index (χ4n) is 4.16. The van der Waals surface area contributed by atoms with Gasteiger partial charge in [0.2, 0.25) is 6.04 Å². The Bertz CT molecular complexity index is 1180. The Labute approximate surface area is 182 Å². The highest BCUT2D eigenvalue weighted by atomic mass is 19.4. The number of nitrogens with one attached hydrogen (secondary N) is 3. The Kier molecular flexibility index (Phi) is 6.19. The van der Waals surface area contributed by atoms with Crippen LogP contribution in [0.5, 0.6) is 0 Å². The molecule has 0 amide bonds. The summed E-state index contributed by atoms with van der Waals surface area (Å²) >= 11 is 0. The van der Waals surface area contributed by atoms with Crippen LogP contribution in [0.15, 0.2) is 41.3 Å². The number of rotatable bonds is 6. The van der Waals surface area contributed by atoms with Crippen molar-refractivity contribution in [3.8, 4) is 0 Å². The van der Waals surface area contributed by atoms with Gasteiger partial charge in [0, 0.05) is 24.8 Å². The highest BCUT2D eigenvalue weighted by molar-refractivity contribution is 5.91. The number of hydrogen-bond acceptors (Lipinski definition) is 4. The molecule has 2 atom stereocenters. The van der Waals surface area contributed by atoms with Crippen molar-refractivity contribution in [3.63, 3.8) is 0 Å². The van der Waals surface area contributed by atoms with Crippen LogP contribution >= 0.6 is 0 Å². The van der Waals surface area contributed by atoms with Crippen molar-refractivity contribution in [2.45, 2.75) is 50.5 Å². The molecule has 1 aromatic carbocycles. The molecular formula is C22H23F3N6O. The van der Waals surface area contributed by atoms with Gasteiger partial charge in [-0.1, -0.05) is 18.6 Å².